The lowest BCUT2D eigenvalue weighted by Crippen LogP contribution is -2.51. The minimum absolute atomic E-state index is 0.142. The van der Waals surface area contributed by atoms with Crippen molar-refractivity contribution in [2.45, 2.75) is 58.4 Å². The van der Waals surface area contributed by atoms with E-state index in [1.807, 2.05) is 0 Å². The van der Waals surface area contributed by atoms with Crippen molar-refractivity contribution in [3.8, 4) is 0 Å². The van der Waals surface area contributed by atoms with Crippen molar-refractivity contribution in [1.29, 1.82) is 0 Å². The van der Waals surface area contributed by atoms with Crippen LogP contribution in [0.15, 0.2) is 24.3 Å². The van der Waals surface area contributed by atoms with Gasteiger partial charge in [0.05, 0.1) is 0 Å². The predicted octanol–water partition coefficient (Wildman–Crippen LogP) is 4.00. The molecule has 0 radical (unpaired) electrons. The first-order valence-electron chi connectivity index (χ1n) is 6.88. The highest BCUT2D eigenvalue weighted by Crippen LogP contribution is 2.48. The van der Waals surface area contributed by atoms with Crippen LogP contribution in [0.3, 0.4) is 0 Å². The fraction of sp³-hybridized carbons (Fsp3) is 0.625. The van der Waals surface area contributed by atoms with Crippen molar-refractivity contribution >= 4 is 0 Å². The number of hydrogen-bond donors (Lipinski definition) is 1. The molecule has 1 aromatic carbocycles. The van der Waals surface area contributed by atoms with E-state index in [0.29, 0.717) is 0 Å². The Kier molecular flexibility index (Phi) is 3.31. The molecule has 1 aliphatic carbocycles. The average Bonchev–Trinajstić information content (AvgIpc) is 2.33. The first kappa shape index (κ1) is 12.6. The Bertz CT molecular complexity index is 394. The molecule has 1 aliphatic rings. The topological polar surface area (TPSA) is 26.0 Å². The van der Waals surface area contributed by atoms with Gasteiger partial charge in [-0.3, -0.25) is 0 Å². The molecule has 17 heavy (non-hydrogen) atoms. The molecule has 0 aliphatic heterocycles. The van der Waals surface area contributed by atoms with E-state index in [0.717, 1.165) is 12.8 Å². The molecule has 1 atom stereocenters. The Labute approximate surface area is 105 Å². The van der Waals surface area contributed by atoms with Gasteiger partial charge in [-0.2, -0.15) is 0 Å². The van der Waals surface area contributed by atoms with Crippen LogP contribution in [0.25, 0.3) is 0 Å². The van der Waals surface area contributed by atoms with Gasteiger partial charge in [-0.15, -0.1) is 0 Å². The van der Waals surface area contributed by atoms with E-state index in [-0.39, 0.29) is 11.0 Å². The maximum Gasteiger partial charge on any atom is 0.0461 e. The van der Waals surface area contributed by atoms with Gasteiger partial charge in [0.2, 0.25) is 0 Å². The normalized spacial score (nSPS) is 28.0. The van der Waals surface area contributed by atoms with Gasteiger partial charge in [0.1, 0.15) is 0 Å². The highest BCUT2D eigenvalue weighted by Gasteiger charge is 2.44. The monoisotopic (exact) mass is 231 g/mol. The standard InChI is InChI=1S/C16H25N/c1-4-13-8-7-9-14(12-13)16(17)11-6-5-10-15(16,2)3/h7-9,12H,4-6,10-11,17H2,1-3H3. The summed E-state index contributed by atoms with van der Waals surface area (Å²) in [6.07, 6.45) is 6.02. The minimum Gasteiger partial charge on any atom is -0.321 e. The molecular formula is C16H25N. The lowest BCUT2D eigenvalue weighted by atomic mass is 9.61. The summed E-state index contributed by atoms with van der Waals surface area (Å²) >= 11 is 0. The maximum atomic E-state index is 6.78. The zero-order valence-electron chi connectivity index (χ0n) is 11.4. The van der Waals surface area contributed by atoms with Crippen LogP contribution in [0.1, 0.15) is 57.6 Å². The molecule has 1 heteroatoms. The molecule has 0 saturated heterocycles. The fourth-order valence-corrected chi connectivity index (χ4v) is 3.14. The van der Waals surface area contributed by atoms with Crippen LogP contribution >= 0.6 is 0 Å². The summed E-state index contributed by atoms with van der Waals surface area (Å²) in [5.74, 6) is 0. The molecule has 0 bridgehead atoms. The molecule has 1 fully saturated rings. The molecule has 0 spiro atoms. The molecule has 2 rings (SSSR count). The molecule has 0 heterocycles. The summed E-state index contributed by atoms with van der Waals surface area (Å²) in [5.41, 5.74) is 9.58. The fourth-order valence-electron chi connectivity index (χ4n) is 3.14. The van der Waals surface area contributed by atoms with Crippen LogP contribution in [0.4, 0.5) is 0 Å². The van der Waals surface area contributed by atoms with Crippen LogP contribution in [-0.2, 0) is 12.0 Å². The average molecular weight is 231 g/mol. The summed E-state index contributed by atoms with van der Waals surface area (Å²) < 4.78 is 0. The van der Waals surface area contributed by atoms with Crippen molar-refractivity contribution in [2.24, 2.45) is 11.1 Å². The van der Waals surface area contributed by atoms with Gasteiger partial charge in [0.15, 0.2) is 0 Å². The summed E-state index contributed by atoms with van der Waals surface area (Å²) in [7, 11) is 0. The van der Waals surface area contributed by atoms with E-state index in [2.05, 4.69) is 45.0 Å². The van der Waals surface area contributed by atoms with Crippen LogP contribution in [0.2, 0.25) is 0 Å². The lowest BCUT2D eigenvalue weighted by Gasteiger charge is -2.48. The molecule has 0 amide bonds. The number of nitrogens with two attached hydrogens (primary N) is 1. The second-order valence-corrected chi connectivity index (χ2v) is 6.12. The van der Waals surface area contributed by atoms with Gasteiger partial charge >= 0.3 is 0 Å². The van der Waals surface area contributed by atoms with Crippen LogP contribution in [-0.4, -0.2) is 0 Å². The van der Waals surface area contributed by atoms with Crippen molar-refractivity contribution in [3.05, 3.63) is 35.4 Å². The zero-order chi connectivity index (χ0) is 12.5. The van der Waals surface area contributed by atoms with Gasteiger partial charge in [0.25, 0.3) is 0 Å². The molecule has 2 N–H and O–H groups in total. The summed E-state index contributed by atoms with van der Waals surface area (Å²) in [4.78, 5) is 0. The Morgan fingerprint density at radius 3 is 2.53 bits per heavy atom. The largest absolute Gasteiger partial charge is 0.321 e. The second kappa shape index (κ2) is 4.45. The molecule has 1 unspecified atom stereocenters. The molecule has 1 saturated carbocycles. The van der Waals surface area contributed by atoms with E-state index in [1.54, 1.807) is 0 Å². The van der Waals surface area contributed by atoms with E-state index in [1.165, 1.54) is 30.4 Å². The van der Waals surface area contributed by atoms with Crippen molar-refractivity contribution in [2.75, 3.05) is 0 Å². The Morgan fingerprint density at radius 1 is 1.18 bits per heavy atom. The number of rotatable bonds is 2. The molecule has 1 aromatic rings. The zero-order valence-corrected chi connectivity index (χ0v) is 11.4. The first-order valence-corrected chi connectivity index (χ1v) is 6.88. The number of benzene rings is 1. The lowest BCUT2D eigenvalue weighted by molar-refractivity contribution is 0.0978. The van der Waals surface area contributed by atoms with E-state index < -0.39 is 0 Å². The van der Waals surface area contributed by atoms with Gasteiger partial charge < -0.3 is 5.73 Å². The first-order chi connectivity index (χ1) is 7.99. The van der Waals surface area contributed by atoms with Crippen molar-refractivity contribution in [3.63, 3.8) is 0 Å². The Balaban J connectivity index is 2.41. The van der Waals surface area contributed by atoms with Crippen LogP contribution in [0.5, 0.6) is 0 Å². The Hall–Kier alpha value is -0.820. The third-order valence-electron chi connectivity index (χ3n) is 4.68. The highest BCUT2D eigenvalue weighted by molar-refractivity contribution is 5.32. The summed E-state index contributed by atoms with van der Waals surface area (Å²) in [6.45, 7) is 6.85. The second-order valence-electron chi connectivity index (χ2n) is 6.12. The van der Waals surface area contributed by atoms with Gasteiger partial charge in [-0.05, 0) is 35.8 Å². The smallest absolute Gasteiger partial charge is 0.0461 e. The minimum atomic E-state index is -0.142. The molecule has 94 valence electrons. The van der Waals surface area contributed by atoms with E-state index in [4.69, 9.17) is 5.73 Å². The van der Waals surface area contributed by atoms with Gasteiger partial charge in [-0.25, -0.2) is 0 Å². The van der Waals surface area contributed by atoms with Crippen LogP contribution < -0.4 is 5.73 Å². The summed E-state index contributed by atoms with van der Waals surface area (Å²) in [6, 6.07) is 8.88. The van der Waals surface area contributed by atoms with Crippen molar-refractivity contribution < 1.29 is 0 Å². The SMILES string of the molecule is CCc1cccc(C2(N)CCCCC2(C)C)c1. The predicted molar refractivity (Wildman–Crippen MR) is 73.9 cm³/mol. The highest BCUT2D eigenvalue weighted by atomic mass is 14.8. The quantitative estimate of drug-likeness (QED) is 0.818. The number of hydrogen-bond acceptors (Lipinski definition) is 1. The molecule has 0 aromatic heterocycles. The van der Waals surface area contributed by atoms with Crippen molar-refractivity contribution in [1.82, 2.24) is 0 Å². The van der Waals surface area contributed by atoms with E-state index in [9.17, 15) is 0 Å². The Morgan fingerprint density at radius 2 is 1.88 bits per heavy atom. The van der Waals surface area contributed by atoms with Gasteiger partial charge in [-0.1, -0.05) is 57.9 Å². The third-order valence-corrected chi connectivity index (χ3v) is 4.68. The van der Waals surface area contributed by atoms with Crippen LogP contribution in [0, 0.1) is 5.41 Å². The summed E-state index contributed by atoms with van der Waals surface area (Å²) in [5, 5.41) is 0. The number of aryl methyl sites for hydroxylation is 1. The molecular weight excluding hydrogens is 206 g/mol. The van der Waals surface area contributed by atoms with Gasteiger partial charge in [0, 0.05) is 5.54 Å². The molecule has 1 nitrogen and oxygen atoms in total. The van der Waals surface area contributed by atoms with E-state index >= 15 is 0 Å². The third kappa shape index (κ3) is 2.13. The maximum absolute atomic E-state index is 6.78.